The number of carbonyl (C=O) groups is 2. The highest BCUT2D eigenvalue weighted by molar-refractivity contribution is 6.40. The first-order valence-electron chi connectivity index (χ1n) is 8.08. The van der Waals surface area contributed by atoms with Crippen molar-refractivity contribution < 1.29 is 9.59 Å². The number of pyridine rings is 1. The molecule has 5 nitrogen and oxygen atoms in total. The molecule has 1 N–H and O–H groups in total. The lowest BCUT2D eigenvalue weighted by molar-refractivity contribution is 0.0718. The Morgan fingerprint density at radius 1 is 0.920 bits per heavy atom. The summed E-state index contributed by atoms with van der Waals surface area (Å²) in [6.45, 7) is 1.46. The van der Waals surface area contributed by atoms with Crippen molar-refractivity contribution in [3.8, 4) is 0 Å². The molecule has 0 aliphatic carbocycles. The molecule has 0 bridgehead atoms. The molecule has 0 saturated carbocycles. The predicted molar refractivity (Wildman–Crippen MR) is 98.4 cm³/mol. The Balaban J connectivity index is 1.78. The third-order valence-corrected chi connectivity index (χ3v) is 4.68. The molecule has 1 aromatic carbocycles. The van der Waals surface area contributed by atoms with Crippen LogP contribution in [0.15, 0.2) is 36.4 Å². The number of hydrogen-bond acceptors (Lipinski definition) is 3. The number of para-hydroxylation sites is 1. The molecule has 130 valence electrons. The molecule has 2 aromatic rings. The lowest BCUT2D eigenvalue weighted by Gasteiger charge is -2.26. The average molecular weight is 378 g/mol. The summed E-state index contributed by atoms with van der Waals surface area (Å²) in [6.07, 6.45) is 3.13. The van der Waals surface area contributed by atoms with Crippen LogP contribution in [0.4, 0.5) is 5.69 Å². The van der Waals surface area contributed by atoms with E-state index in [1.165, 1.54) is 0 Å². The van der Waals surface area contributed by atoms with Gasteiger partial charge in [0.2, 0.25) is 0 Å². The molecule has 0 spiro atoms. The van der Waals surface area contributed by atoms with Gasteiger partial charge in [-0.1, -0.05) is 35.3 Å². The first-order valence-corrected chi connectivity index (χ1v) is 8.83. The van der Waals surface area contributed by atoms with Gasteiger partial charge in [-0.3, -0.25) is 9.59 Å². The van der Waals surface area contributed by atoms with Crippen molar-refractivity contribution in [3.05, 3.63) is 57.8 Å². The van der Waals surface area contributed by atoms with Crippen LogP contribution >= 0.6 is 23.2 Å². The summed E-state index contributed by atoms with van der Waals surface area (Å²) in [6, 6.07) is 9.77. The van der Waals surface area contributed by atoms with E-state index < -0.39 is 5.91 Å². The topological polar surface area (TPSA) is 62.3 Å². The van der Waals surface area contributed by atoms with Gasteiger partial charge in [-0.25, -0.2) is 4.98 Å². The largest absolute Gasteiger partial charge is 0.337 e. The molecule has 0 radical (unpaired) electrons. The number of nitrogens with one attached hydrogen (secondary N) is 1. The van der Waals surface area contributed by atoms with Crippen molar-refractivity contribution in [3.63, 3.8) is 0 Å². The predicted octanol–water partition coefficient (Wildman–Crippen LogP) is 4.27. The highest BCUT2D eigenvalue weighted by Crippen LogP contribution is 2.30. The van der Waals surface area contributed by atoms with Gasteiger partial charge in [0.25, 0.3) is 11.8 Å². The fourth-order valence-electron chi connectivity index (χ4n) is 2.73. The number of carbonyl (C=O) groups excluding carboxylic acids is 2. The zero-order chi connectivity index (χ0) is 17.8. The van der Waals surface area contributed by atoms with Crippen molar-refractivity contribution in [1.82, 2.24) is 9.88 Å². The van der Waals surface area contributed by atoms with E-state index in [9.17, 15) is 9.59 Å². The maximum atomic E-state index is 12.5. The first kappa shape index (κ1) is 17.7. The maximum Gasteiger partial charge on any atom is 0.274 e. The molecule has 0 unspecified atom stereocenters. The van der Waals surface area contributed by atoms with Crippen molar-refractivity contribution in [2.75, 3.05) is 18.4 Å². The highest BCUT2D eigenvalue weighted by Gasteiger charge is 2.21. The van der Waals surface area contributed by atoms with Gasteiger partial charge in [-0.05, 0) is 43.5 Å². The molecule has 2 heterocycles. The van der Waals surface area contributed by atoms with Crippen molar-refractivity contribution in [2.45, 2.75) is 19.3 Å². The Kier molecular flexibility index (Phi) is 5.56. The van der Waals surface area contributed by atoms with Crippen LogP contribution in [0.25, 0.3) is 0 Å². The zero-order valence-corrected chi connectivity index (χ0v) is 15.0. The number of aromatic nitrogens is 1. The van der Waals surface area contributed by atoms with Gasteiger partial charge in [0.1, 0.15) is 11.4 Å². The first-order chi connectivity index (χ1) is 12.1. The Bertz CT molecular complexity index is 784. The number of benzene rings is 1. The van der Waals surface area contributed by atoms with Crippen LogP contribution in [-0.2, 0) is 0 Å². The fraction of sp³-hybridized carbons (Fsp3) is 0.278. The van der Waals surface area contributed by atoms with E-state index in [0.29, 0.717) is 15.7 Å². The SMILES string of the molecule is O=C(Nc1c(Cl)cccc1Cl)c1cccc(C(=O)N2CCCCC2)n1. The second-order valence-corrected chi connectivity index (χ2v) is 6.63. The number of halogens is 2. The van der Waals surface area contributed by atoms with Crippen LogP contribution in [0.2, 0.25) is 10.0 Å². The van der Waals surface area contributed by atoms with Gasteiger partial charge in [0.05, 0.1) is 15.7 Å². The van der Waals surface area contributed by atoms with Crippen LogP contribution in [0.1, 0.15) is 40.2 Å². The second-order valence-electron chi connectivity index (χ2n) is 5.81. The number of likely N-dealkylation sites (tertiary alicyclic amines) is 1. The lowest BCUT2D eigenvalue weighted by Crippen LogP contribution is -2.36. The van der Waals surface area contributed by atoms with Gasteiger partial charge in [0.15, 0.2) is 0 Å². The Morgan fingerprint density at radius 2 is 1.52 bits per heavy atom. The summed E-state index contributed by atoms with van der Waals surface area (Å²) in [4.78, 5) is 31.0. The summed E-state index contributed by atoms with van der Waals surface area (Å²) in [5.74, 6) is -0.617. The smallest absolute Gasteiger partial charge is 0.274 e. The van der Waals surface area contributed by atoms with Crippen molar-refractivity contribution in [1.29, 1.82) is 0 Å². The van der Waals surface area contributed by atoms with Gasteiger partial charge in [-0.2, -0.15) is 0 Å². The van der Waals surface area contributed by atoms with Gasteiger partial charge < -0.3 is 10.2 Å². The quantitative estimate of drug-likeness (QED) is 0.868. The summed E-state index contributed by atoms with van der Waals surface area (Å²) < 4.78 is 0. The van der Waals surface area contributed by atoms with Crippen LogP contribution in [0, 0.1) is 0 Å². The van der Waals surface area contributed by atoms with Gasteiger partial charge in [-0.15, -0.1) is 0 Å². The fourth-order valence-corrected chi connectivity index (χ4v) is 3.23. The Labute approximate surface area is 155 Å². The second kappa shape index (κ2) is 7.85. The van der Waals surface area contributed by atoms with Crippen LogP contribution in [0.5, 0.6) is 0 Å². The van der Waals surface area contributed by atoms with E-state index in [2.05, 4.69) is 10.3 Å². The molecule has 1 saturated heterocycles. The summed E-state index contributed by atoms with van der Waals surface area (Å²) in [5, 5.41) is 3.32. The molecule has 3 rings (SSSR count). The van der Waals surface area contributed by atoms with Crippen LogP contribution in [-0.4, -0.2) is 34.8 Å². The normalized spacial score (nSPS) is 14.2. The number of anilines is 1. The number of piperidine rings is 1. The Hall–Kier alpha value is -2.11. The molecular formula is C18H17Cl2N3O2. The van der Waals surface area contributed by atoms with E-state index in [0.717, 1.165) is 32.4 Å². The van der Waals surface area contributed by atoms with E-state index in [1.54, 1.807) is 41.3 Å². The minimum absolute atomic E-state index is 0.138. The van der Waals surface area contributed by atoms with E-state index in [1.807, 2.05) is 0 Å². The molecule has 1 fully saturated rings. The standard InChI is InChI=1S/C18H17Cl2N3O2/c19-12-6-4-7-13(20)16(12)22-17(24)14-8-5-9-15(21-14)18(25)23-10-2-1-3-11-23/h4-9H,1-3,10-11H2,(H,22,24). The minimum atomic E-state index is -0.469. The Morgan fingerprint density at radius 3 is 2.20 bits per heavy atom. The van der Waals surface area contributed by atoms with E-state index >= 15 is 0 Å². The summed E-state index contributed by atoms with van der Waals surface area (Å²) in [5.41, 5.74) is 0.726. The third kappa shape index (κ3) is 4.11. The zero-order valence-electron chi connectivity index (χ0n) is 13.5. The van der Waals surface area contributed by atoms with Crippen molar-refractivity contribution in [2.24, 2.45) is 0 Å². The summed E-state index contributed by atoms with van der Waals surface area (Å²) in [7, 11) is 0. The molecule has 25 heavy (non-hydrogen) atoms. The minimum Gasteiger partial charge on any atom is -0.337 e. The molecule has 1 aromatic heterocycles. The van der Waals surface area contributed by atoms with Crippen molar-refractivity contribution >= 4 is 40.7 Å². The molecular weight excluding hydrogens is 361 g/mol. The van der Waals surface area contributed by atoms with Gasteiger partial charge in [0, 0.05) is 13.1 Å². The lowest BCUT2D eigenvalue weighted by atomic mass is 10.1. The number of nitrogens with zero attached hydrogens (tertiary/aromatic N) is 2. The van der Waals surface area contributed by atoms with Crippen LogP contribution in [0.3, 0.4) is 0 Å². The van der Waals surface area contributed by atoms with Crippen LogP contribution < -0.4 is 5.32 Å². The average Bonchev–Trinajstić information content (AvgIpc) is 2.65. The van der Waals surface area contributed by atoms with E-state index in [4.69, 9.17) is 23.2 Å². The maximum absolute atomic E-state index is 12.5. The number of hydrogen-bond donors (Lipinski definition) is 1. The molecule has 7 heteroatoms. The monoisotopic (exact) mass is 377 g/mol. The van der Waals surface area contributed by atoms with E-state index in [-0.39, 0.29) is 17.3 Å². The number of amides is 2. The molecule has 1 aliphatic heterocycles. The molecule has 2 amide bonds. The number of rotatable bonds is 3. The third-order valence-electron chi connectivity index (χ3n) is 4.05. The summed E-state index contributed by atoms with van der Waals surface area (Å²) >= 11 is 12.1. The molecule has 0 atom stereocenters. The van der Waals surface area contributed by atoms with Gasteiger partial charge >= 0.3 is 0 Å². The molecule has 1 aliphatic rings. The highest BCUT2D eigenvalue weighted by atomic mass is 35.5.